The zero-order valence-electron chi connectivity index (χ0n) is 14.0. The molecule has 6 heteroatoms. The van der Waals surface area contributed by atoms with Gasteiger partial charge in [0.2, 0.25) is 0 Å². The summed E-state index contributed by atoms with van der Waals surface area (Å²) in [5, 5.41) is 2.62. The predicted molar refractivity (Wildman–Crippen MR) is 96.5 cm³/mol. The molecule has 0 aliphatic carbocycles. The molecule has 0 aromatic heterocycles. The van der Waals surface area contributed by atoms with Gasteiger partial charge in [0.15, 0.2) is 6.61 Å². The van der Waals surface area contributed by atoms with Gasteiger partial charge in [0.05, 0.1) is 5.75 Å². The van der Waals surface area contributed by atoms with Crippen molar-refractivity contribution in [3.05, 3.63) is 71.0 Å². The van der Waals surface area contributed by atoms with Crippen LogP contribution < -0.4 is 5.32 Å². The minimum atomic E-state index is -0.422. The van der Waals surface area contributed by atoms with Gasteiger partial charge in [-0.15, -0.1) is 11.8 Å². The van der Waals surface area contributed by atoms with E-state index in [0.29, 0.717) is 5.75 Å². The van der Waals surface area contributed by atoms with Crippen LogP contribution in [0.2, 0.25) is 0 Å². The summed E-state index contributed by atoms with van der Waals surface area (Å²) in [5.41, 5.74) is 3.11. The van der Waals surface area contributed by atoms with Gasteiger partial charge < -0.3 is 10.1 Å². The second-order valence-electron chi connectivity index (χ2n) is 5.54. The fourth-order valence-electron chi connectivity index (χ4n) is 1.98. The smallest absolute Gasteiger partial charge is 0.316 e. The van der Waals surface area contributed by atoms with Crippen LogP contribution in [0.3, 0.4) is 0 Å². The summed E-state index contributed by atoms with van der Waals surface area (Å²) >= 11 is 1.44. The molecule has 1 N–H and O–H groups in total. The maximum absolute atomic E-state index is 12.8. The molecule has 4 nitrogen and oxygen atoms in total. The highest BCUT2D eigenvalue weighted by Gasteiger charge is 2.08. The highest BCUT2D eigenvalue weighted by Crippen LogP contribution is 2.13. The van der Waals surface area contributed by atoms with E-state index in [9.17, 15) is 14.0 Å². The molecule has 2 aromatic rings. The first-order valence-electron chi connectivity index (χ1n) is 7.83. The van der Waals surface area contributed by atoms with Crippen LogP contribution in [-0.4, -0.2) is 24.2 Å². The standard InChI is InChI=1S/C19H20FNO3S/c1-14-2-4-16(5-3-14)12-25-13-19(23)24-11-18(22)21-10-15-6-8-17(20)9-7-15/h2-9H,10-13H2,1H3,(H,21,22). The fraction of sp³-hybridized carbons (Fsp3) is 0.263. The van der Waals surface area contributed by atoms with Crippen LogP contribution in [0.4, 0.5) is 4.39 Å². The molecule has 0 saturated carbocycles. The number of thioether (sulfide) groups is 1. The normalized spacial score (nSPS) is 10.3. The lowest BCUT2D eigenvalue weighted by Crippen LogP contribution is -2.28. The van der Waals surface area contributed by atoms with Crippen molar-refractivity contribution in [2.24, 2.45) is 0 Å². The molecule has 25 heavy (non-hydrogen) atoms. The Kier molecular flexibility index (Phi) is 7.47. The van der Waals surface area contributed by atoms with E-state index in [4.69, 9.17) is 4.74 Å². The molecule has 132 valence electrons. The molecule has 2 aromatic carbocycles. The van der Waals surface area contributed by atoms with E-state index < -0.39 is 5.97 Å². The largest absolute Gasteiger partial charge is 0.455 e. The van der Waals surface area contributed by atoms with Gasteiger partial charge in [-0.25, -0.2) is 4.39 Å². The van der Waals surface area contributed by atoms with Gasteiger partial charge in [-0.1, -0.05) is 42.0 Å². The predicted octanol–water partition coefficient (Wildman–Crippen LogP) is 3.23. The van der Waals surface area contributed by atoms with Gasteiger partial charge in [0, 0.05) is 12.3 Å². The molecule has 0 saturated heterocycles. The zero-order valence-corrected chi connectivity index (χ0v) is 14.8. The van der Waals surface area contributed by atoms with Crippen molar-refractivity contribution >= 4 is 23.6 Å². The summed E-state index contributed by atoms with van der Waals surface area (Å²) in [4.78, 5) is 23.3. The first kappa shape index (κ1) is 19.0. The Morgan fingerprint density at radius 3 is 2.36 bits per heavy atom. The number of carbonyl (C=O) groups excluding carboxylic acids is 2. The second kappa shape index (κ2) is 9.84. The Bertz CT molecular complexity index is 702. The number of ether oxygens (including phenoxy) is 1. The summed E-state index contributed by atoms with van der Waals surface area (Å²) < 4.78 is 17.7. The second-order valence-corrected chi connectivity index (χ2v) is 6.53. The van der Waals surface area contributed by atoms with Crippen LogP contribution in [0.15, 0.2) is 48.5 Å². The van der Waals surface area contributed by atoms with Crippen LogP contribution >= 0.6 is 11.8 Å². The third-order valence-electron chi connectivity index (χ3n) is 3.38. The number of halogens is 1. The maximum Gasteiger partial charge on any atom is 0.316 e. The number of carbonyl (C=O) groups is 2. The molecule has 0 radical (unpaired) electrons. The Balaban J connectivity index is 1.59. The summed E-state index contributed by atoms with van der Waals surface area (Å²) in [6.45, 7) is 1.97. The quantitative estimate of drug-likeness (QED) is 0.734. The Morgan fingerprint density at radius 2 is 1.68 bits per heavy atom. The average molecular weight is 361 g/mol. The van der Waals surface area contributed by atoms with Gasteiger partial charge in [-0.2, -0.15) is 0 Å². The van der Waals surface area contributed by atoms with E-state index in [-0.39, 0.29) is 30.6 Å². The topological polar surface area (TPSA) is 55.4 Å². The zero-order chi connectivity index (χ0) is 18.1. The monoisotopic (exact) mass is 361 g/mol. The molecule has 0 atom stereocenters. The van der Waals surface area contributed by atoms with Crippen molar-refractivity contribution < 1.29 is 18.7 Å². The van der Waals surface area contributed by atoms with Gasteiger partial charge in [-0.05, 0) is 30.2 Å². The first-order valence-corrected chi connectivity index (χ1v) is 8.98. The Hall–Kier alpha value is -2.34. The van der Waals surface area contributed by atoms with Crippen molar-refractivity contribution in [1.29, 1.82) is 0 Å². The van der Waals surface area contributed by atoms with Crippen molar-refractivity contribution in [2.45, 2.75) is 19.2 Å². The fourth-order valence-corrected chi connectivity index (χ4v) is 2.76. The van der Waals surface area contributed by atoms with Crippen molar-refractivity contribution in [2.75, 3.05) is 12.4 Å². The molecule has 0 aliphatic heterocycles. The van der Waals surface area contributed by atoms with Crippen molar-refractivity contribution in [3.8, 4) is 0 Å². The molecule has 2 rings (SSSR count). The number of hydrogen-bond donors (Lipinski definition) is 1. The maximum atomic E-state index is 12.8. The molecular formula is C19H20FNO3S. The van der Waals surface area contributed by atoms with E-state index in [0.717, 1.165) is 11.1 Å². The van der Waals surface area contributed by atoms with Gasteiger partial charge in [0.25, 0.3) is 5.91 Å². The lowest BCUT2D eigenvalue weighted by atomic mass is 10.2. The van der Waals surface area contributed by atoms with Crippen molar-refractivity contribution in [3.63, 3.8) is 0 Å². The highest BCUT2D eigenvalue weighted by molar-refractivity contribution is 7.99. The molecular weight excluding hydrogens is 341 g/mol. The van der Waals surface area contributed by atoms with Gasteiger partial charge >= 0.3 is 5.97 Å². The number of rotatable bonds is 8. The number of aryl methyl sites for hydroxylation is 1. The van der Waals surface area contributed by atoms with Crippen LogP contribution in [0.25, 0.3) is 0 Å². The highest BCUT2D eigenvalue weighted by atomic mass is 32.2. The molecule has 1 amide bonds. The summed E-state index contributed by atoms with van der Waals surface area (Å²) in [7, 11) is 0. The van der Waals surface area contributed by atoms with E-state index >= 15 is 0 Å². The summed E-state index contributed by atoms with van der Waals surface area (Å²) in [5.74, 6) is -0.229. The summed E-state index contributed by atoms with van der Waals surface area (Å²) in [6.07, 6.45) is 0. The van der Waals surface area contributed by atoms with Crippen LogP contribution in [0.1, 0.15) is 16.7 Å². The molecule has 0 heterocycles. The number of esters is 1. The molecule has 0 spiro atoms. The molecule has 0 unspecified atom stereocenters. The van der Waals surface area contributed by atoms with Gasteiger partial charge in [-0.3, -0.25) is 9.59 Å². The van der Waals surface area contributed by atoms with E-state index in [1.54, 1.807) is 12.1 Å². The first-order chi connectivity index (χ1) is 12.0. The number of amides is 1. The van der Waals surface area contributed by atoms with Crippen LogP contribution in [-0.2, 0) is 26.6 Å². The Morgan fingerprint density at radius 1 is 1.04 bits per heavy atom. The molecule has 0 aliphatic rings. The van der Waals surface area contributed by atoms with E-state index in [1.807, 2.05) is 31.2 Å². The average Bonchev–Trinajstić information content (AvgIpc) is 2.61. The lowest BCUT2D eigenvalue weighted by molar-refractivity contribution is -0.145. The molecule has 0 bridgehead atoms. The summed E-state index contributed by atoms with van der Waals surface area (Å²) in [6, 6.07) is 13.9. The minimum Gasteiger partial charge on any atom is -0.455 e. The number of nitrogens with one attached hydrogen (secondary N) is 1. The SMILES string of the molecule is Cc1ccc(CSCC(=O)OCC(=O)NCc2ccc(F)cc2)cc1. The lowest BCUT2D eigenvalue weighted by Gasteiger charge is -2.07. The number of benzene rings is 2. The van der Waals surface area contributed by atoms with Crippen molar-refractivity contribution in [1.82, 2.24) is 5.32 Å². The van der Waals surface area contributed by atoms with Crippen LogP contribution in [0.5, 0.6) is 0 Å². The van der Waals surface area contributed by atoms with Gasteiger partial charge in [0.1, 0.15) is 5.82 Å². The third kappa shape index (κ3) is 7.39. The van der Waals surface area contributed by atoms with E-state index in [1.165, 1.54) is 29.5 Å². The van der Waals surface area contributed by atoms with E-state index in [2.05, 4.69) is 5.32 Å². The minimum absolute atomic E-state index is 0.194. The number of hydrogen-bond acceptors (Lipinski definition) is 4. The van der Waals surface area contributed by atoms with Crippen LogP contribution in [0, 0.1) is 12.7 Å². The third-order valence-corrected chi connectivity index (χ3v) is 4.35. The Labute approximate surface area is 150 Å². The molecule has 0 fully saturated rings.